The summed E-state index contributed by atoms with van der Waals surface area (Å²) < 4.78 is 30.9. The average molecular weight is 362 g/mol. The number of ketones is 1. The largest absolute Gasteiger partial charge is 0.462 e. The molecule has 1 aromatic rings. The van der Waals surface area contributed by atoms with E-state index in [1.807, 2.05) is 6.92 Å². The summed E-state index contributed by atoms with van der Waals surface area (Å²) in [6, 6.07) is 8.19. The van der Waals surface area contributed by atoms with Crippen LogP contribution in [-0.4, -0.2) is 32.0 Å². The molecule has 2 atom stereocenters. The quantitative estimate of drug-likeness (QED) is 0.770. The second-order valence-corrected chi connectivity index (χ2v) is 9.00. The molecular formula is C19H22O5S. The fraction of sp³-hybridized carbons (Fsp3) is 0.474. The van der Waals surface area contributed by atoms with Gasteiger partial charge in [0.1, 0.15) is 6.10 Å². The van der Waals surface area contributed by atoms with Gasteiger partial charge in [0.25, 0.3) is 0 Å². The summed E-state index contributed by atoms with van der Waals surface area (Å²) in [5.74, 6) is -0.730. The van der Waals surface area contributed by atoms with Crippen molar-refractivity contribution in [1.29, 1.82) is 0 Å². The highest BCUT2D eigenvalue weighted by atomic mass is 32.2. The van der Waals surface area contributed by atoms with Crippen LogP contribution in [0.5, 0.6) is 0 Å². The number of fused-ring (bicyclic) bond motifs is 1. The summed E-state index contributed by atoms with van der Waals surface area (Å²) in [6.45, 7) is 3.35. The molecule has 0 saturated heterocycles. The normalized spacial score (nSPS) is 26.5. The first-order valence-electron chi connectivity index (χ1n) is 8.45. The molecule has 1 aromatic carbocycles. The number of benzene rings is 1. The maximum atomic E-state index is 12.7. The monoisotopic (exact) mass is 362 g/mol. The highest BCUT2D eigenvalue weighted by Crippen LogP contribution is 2.52. The van der Waals surface area contributed by atoms with Crippen LogP contribution in [0.1, 0.15) is 39.5 Å². The highest BCUT2D eigenvalue weighted by molar-refractivity contribution is 7.91. The lowest BCUT2D eigenvalue weighted by Gasteiger charge is -2.36. The van der Waals surface area contributed by atoms with Crippen LogP contribution in [-0.2, 0) is 24.2 Å². The second kappa shape index (κ2) is 6.41. The van der Waals surface area contributed by atoms with Crippen molar-refractivity contribution in [1.82, 2.24) is 0 Å². The molecule has 0 heterocycles. The molecule has 0 amide bonds. The Bertz CT molecular complexity index is 838. The van der Waals surface area contributed by atoms with Crippen LogP contribution in [0, 0.1) is 5.41 Å². The molecule has 5 nitrogen and oxygen atoms in total. The van der Waals surface area contributed by atoms with E-state index < -0.39 is 15.3 Å². The summed E-state index contributed by atoms with van der Waals surface area (Å²) in [4.78, 5) is 24.1. The molecule has 25 heavy (non-hydrogen) atoms. The van der Waals surface area contributed by atoms with E-state index in [2.05, 4.69) is 0 Å². The Labute approximate surface area is 148 Å². The third-order valence-electron chi connectivity index (χ3n) is 5.37. The van der Waals surface area contributed by atoms with Gasteiger partial charge in [-0.25, -0.2) is 8.42 Å². The molecule has 0 aromatic heterocycles. The van der Waals surface area contributed by atoms with Crippen molar-refractivity contribution in [2.45, 2.75) is 50.5 Å². The minimum absolute atomic E-state index is 0.101. The summed E-state index contributed by atoms with van der Waals surface area (Å²) in [5.41, 5.74) is 0.808. The smallest absolute Gasteiger partial charge is 0.302 e. The Morgan fingerprint density at radius 3 is 2.56 bits per heavy atom. The van der Waals surface area contributed by atoms with Crippen molar-refractivity contribution in [3.8, 4) is 0 Å². The standard InChI is InChI=1S/C19H22O5S/c1-13(20)24-18-9-8-16-15(17(21)10-11-19(16,18)2)12-25(22,23)14-6-4-3-5-7-14/h3-7,18H,8-12H2,1-2H3/t18-,19-/m0/s1. The molecule has 1 saturated carbocycles. The van der Waals surface area contributed by atoms with Gasteiger partial charge >= 0.3 is 5.97 Å². The van der Waals surface area contributed by atoms with Crippen LogP contribution in [0.4, 0.5) is 0 Å². The number of carbonyl (C=O) groups is 2. The van der Waals surface area contributed by atoms with Crippen molar-refractivity contribution in [3.63, 3.8) is 0 Å². The molecule has 0 aliphatic heterocycles. The van der Waals surface area contributed by atoms with Gasteiger partial charge in [-0.05, 0) is 31.4 Å². The zero-order valence-corrected chi connectivity index (χ0v) is 15.3. The number of esters is 1. The Morgan fingerprint density at radius 1 is 1.24 bits per heavy atom. The van der Waals surface area contributed by atoms with E-state index in [1.165, 1.54) is 6.92 Å². The number of rotatable bonds is 4. The molecule has 0 unspecified atom stereocenters. The van der Waals surface area contributed by atoms with Gasteiger partial charge in [-0.1, -0.05) is 30.7 Å². The average Bonchev–Trinajstić information content (AvgIpc) is 2.88. The number of hydrogen-bond acceptors (Lipinski definition) is 5. The second-order valence-electron chi connectivity index (χ2n) is 7.01. The first-order valence-corrected chi connectivity index (χ1v) is 10.1. The lowest BCUT2D eigenvalue weighted by Crippen LogP contribution is -2.37. The maximum absolute atomic E-state index is 12.7. The Balaban J connectivity index is 1.98. The van der Waals surface area contributed by atoms with Crippen molar-refractivity contribution < 1.29 is 22.7 Å². The van der Waals surface area contributed by atoms with Gasteiger partial charge in [0.15, 0.2) is 15.6 Å². The van der Waals surface area contributed by atoms with Gasteiger partial charge in [-0.3, -0.25) is 9.59 Å². The first-order chi connectivity index (χ1) is 11.7. The molecule has 2 aliphatic rings. The lowest BCUT2D eigenvalue weighted by molar-refractivity contribution is -0.150. The van der Waals surface area contributed by atoms with E-state index in [-0.39, 0.29) is 34.9 Å². The summed E-state index contributed by atoms with van der Waals surface area (Å²) in [7, 11) is -3.59. The third kappa shape index (κ3) is 3.27. The van der Waals surface area contributed by atoms with Gasteiger partial charge in [-0.2, -0.15) is 0 Å². The molecule has 2 aliphatic carbocycles. The zero-order chi connectivity index (χ0) is 18.2. The molecule has 0 N–H and O–H groups in total. The van der Waals surface area contributed by atoms with Crippen LogP contribution in [0.15, 0.2) is 46.4 Å². The molecule has 0 bridgehead atoms. The Kier molecular flexibility index (Phi) is 4.58. The SMILES string of the molecule is CC(=O)O[C@H]1CCC2=C(CS(=O)(=O)c3ccccc3)C(=O)CC[C@@]21C. The molecule has 0 spiro atoms. The van der Waals surface area contributed by atoms with E-state index in [4.69, 9.17) is 4.74 Å². The van der Waals surface area contributed by atoms with Gasteiger partial charge < -0.3 is 4.74 Å². The first kappa shape index (κ1) is 17.9. The predicted molar refractivity (Wildman–Crippen MR) is 92.7 cm³/mol. The van der Waals surface area contributed by atoms with Gasteiger partial charge in [0.2, 0.25) is 0 Å². The molecular weight excluding hydrogens is 340 g/mol. The highest BCUT2D eigenvalue weighted by Gasteiger charge is 2.49. The summed E-state index contributed by atoms with van der Waals surface area (Å²) >= 11 is 0. The van der Waals surface area contributed by atoms with E-state index in [1.54, 1.807) is 30.3 Å². The van der Waals surface area contributed by atoms with E-state index >= 15 is 0 Å². The number of ether oxygens (including phenoxy) is 1. The fourth-order valence-corrected chi connectivity index (χ4v) is 5.49. The molecule has 134 valence electrons. The molecule has 1 fully saturated rings. The van der Waals surface area contributed by atoms with E-state index in [0.29, 0.717) is 24.8 Å². The maximum Gasteiger partial charge on any atom is 0.302 e. The van der Waals surface area contributed by atoms with Crippen LogP contribution in [0.3, 0.4) is 0 Å². The van der Waals surface area contributed by atoms with Crippen molar-refractivity contribution in [2.24, 2.45) is 5.41 Å². The predicted octanol–water partition coefficient (Wildman–Crippen LogP) is 2.85. The van der Waals surface area contributed by atoms with Crippen molar-refractivity contribution >= 4 is 21.6 Å². The minimum Gasteiger partial charge on any atom is -0.462 e. The third-order valence-corrected chi connectivity index (χ3v) is 7.03. The van der Waals surface area contributed by atoms with Crippen molar-refractivity contribution in [2.75, 3.05) is 5.75 Å². The number of hydrogen-bond donors (Lipinski definition) is 0. The Hall–Kier alpha value is -1.95. The Morgan fingerprint density at radius 2 is 1.92 bits per heavy atom. The number of carbonyl (C=O) groups excluding carboxylic acids is 2. The number of sulfone groups is 1. The summed E-state index contributed by atoms with van der Waals surface area (Å²) in [6.07, 6.45) is 1.82. The van der Waals surface area contributed by atoms with Crippen LogP contribution in [0.25, 0.3) is 0 Å². The zero-order valence-electron chi connectivity index (χ0n) is 14.4. The van der Waals surface area contributed by atoms with E-state index in [9.17, 15) is 18.0 Å². The number of Topliss-reactive ketones (excluding diaryl/α,β-unsaturated/α-hetero) is 1. The molecule has 3 rings (SSSR count). The fourth-order valence-electron chi connectivity index (χ4n) is 4.03. The summed E-state index contributed by atoms with van der Waals surface area (Å²) in [5, 5.41) is 0. The molecule has 6 heteroatoms. The minimum atomic E-state index is -3.59. The van der Waals surface area contributed by atoms with Gasteiger partial charge in [0.05, 0.1) is 10.6 Å². The van der Waals surface area contributed by atoms with Gasteiger partial charge in [0, 0.05) is 24.3 Å². The van der Waals surface area contributed by atoms with Crippen molar-refractivity contribution in [3.05, 3.63) is 41.5 Å². The van der Waals surface area contributed by atoms with Crippen LogP contribution < -0.4 is 0 Å². The topological polar surface area (TPSA) is 77.5 Å². The van der Waals surface area contributed by atoms with E-state index in [0.717, 1.165) is 5.57 Å². The van der Waals surface area contributed by atoms with Crippen LogP contribution in [0.2, 0.25) is 0 Å². The molecule has 0 radical (unpaired) electrons. The van der Waals surface area contributed by atoms with Crippen LogP contribution >= 0.6 is 0 Å². The lowest BCUT2D eigenvalue weighted by atomic mass is 9.71. The van der Waals surface area contributed by atoms with Gasteiger partial charge in [-0.15, -0.1) is 0 Å².